The van der Waals surface area contributed by atoms with Crippen LogP contribution in [0.2, 0.25) is 0 Å². The second kappa shape index (κ2) is 4.30. The third-order valence-electron chi connectivity index (χ3n) is 1.29. The summed E-state index contributed by atoms with van der Waals surface area (Å²) in [4.78, 5) is 0. The summed E-state index contributed by atoms with van der Waals surface area (Å²) in [6.07, 6.45) is -0.572. The summed E-state index contributed by atoms with van der Waals surface area (Å²) in [6, 6.07) is 7.67. The number of hydrogen-bond donors (Lipinski definition) is 1. The highest BCUT2D eigenvalue weighted by atomic mass is 79.9. The first-order valence-electron chi connectivity index (χ1n) is 3.64. The van der Waals surface area contributed by atoms with Gasteiger partial charge in [-0.05, 0) is 35.0 Å². The Morgan fingerprint density at radius 3 is 2.67 bits per heavy atom. The SMILES string of the molecule is C[C@H](O)C#Cc1ccccc1Br. The zero-order valence-corrected chi connectivity index (χ0v) is 8.30. The molecule has 1 nitrogen and oxygen atoms in total. The van der Waals surface area contributed by atoms with Crippen molar-refractivity contribution in [3.05, 3.63) is 34.3 Å². The summed E-state index contributed by atoms with van der Waals surface area (Å²) in [5, 5.41) is 8.92. The molecule has 0 radical (unpaired) electrons. The first-order chi connectivity index (χ1) is 5.70. The van der Waals surface area contributed by atoms with E-state index in [4.69, 9.17) is 5.11 Å². The average molecular weight is 225 g/mol. The molecule has 0 aromatic heterocycles. The van der Waals surface area contributed by atoms with Gasteiger partial charge in [-0.1, -0.05) is 24.0 Å². The molecule has 1 aromatic rings. The van der Waals surface area contributed by atoms with Crippen molar-refractivity contribution in [2.75, 3.05) is 0 Å². The number of benzene rings is 1. The molecule has 1 rings (SSSR count). The van der Waals surface area contributed by atoms with Crippen molar-refractivity contribution >= 4 is 15.9 Å². The fourth-order valence-electron chi connectivity index (χ4n) is 0.745. The Morgan fingerprint density at radius 2 is 2.08 bits per heavy atom. The van der Waals surface area contributed by atoms with Crippen molar-refractivity contribution in [2.24, 2.45) is 0 Å². The van der Waals surface area contributed by atoms with Crippen LogP contribution >= 0.6 is 15.9 Å². The Morgan fingerprint density at radius 1 is 1.42 bits per heavy atom. The van der Waals surface area contributed by atoms with Crippen LogP contribution in [0.4, 0.5) is 0 Å². The standard InChI is InChI=1S/C10H9BrO/c1-8(12)6-7-9-4-2-3-5-10(9)11/h2-5,8,12H,1H3/t8-/m0/s1. The van der Waals surface area contributed by atoms with Gasteiger partial charge in [0.15, 0.2) is 0 Å². The number of aliphatic hydroxyl groups excluding tert-OH is 1. The van der Waals surface area contributed by atoms with Crippen molar-refractivity contribution in [1.82, 2.24) is 0 Å². The summed E-state index contributed by atoms with van der Waals surface area (Å²) < 4.78 is 0.957. The van der Waals surface area contributed by atoms with Crippen LogP contribution in [0.1, 0.15) is 12.5 Å². The van der Waals surface area contributed by atoms with Crippen molar-refractivity contribution in [3.8, 4) is 11.8 Å². The van der Waals surface area contributed by atoms with Gasteiger partial charge in [0.25, 0.3) is 0 Å². The lowest BCUT2D eigenvalue weighted by atomic mass is 10.2. The van der Waals surface area contributed by atoms with Gasteiger partial charge in [0, 0.05) is 10.0 Å². The molecule has 0 bridgehead atoms. The number of aliphatic hydroxyl groups is 1. The number of rotatable bonds is 0. The highest BCUT2D eigenvalue weighted by molar-refractivity contribution is 9.10. The maximum absolute atomic E-state index is 8.92. The van der Waals surface area contributed by atoms with E-state index in [0.29, 0.717) is 0 Å². The molecule has 1 atom stereocenters. The molecule has 1 N–H and O–H groups in total. The van der Waals surface area contributed by atoms with Crippen LogP contribution in [-0.4, -0.2) is 11.2 Å². The van der Waals surface area contributed by atoms with Crippen LogP contribution < -0.4 is 0 Å². The molecule has 12 heavy (non-hydrogen) atoms. The smallest absolute Gasteiger partial charge is 0.112 e. The number of hydrogen-bond acceptors (Lipinski definition) is 1. The van der Waals surface area contributed by atoms with Crippen molar-refractivity contribution in [2.45, 2.75) is 13.0 Å². The Bertz CT molecular complexity index is 320. The zero-order chi connectivity index (χ0) is 8.97. The maximum atomic E-state index is 8.92. The predicted octanol–water partition coefficient (Wildman–Crippen LogP) is 2.18. The van der Waals surface area contributed by atoms with Crippen molar-refractivity contribution in [1.29, 1.82) is 0 Å². The monoisotopic (exact) mass is 224 g/mol. The molecule has 0 saturated carbocycles. The minimum Gasteiger partial charge on any atom is -0.381 e. The largest absolute Gasteiger partial charge is 0.381 e. The van der Waals surface area contributed by atoms with Crippen LogP contribution in [0.3, 0.4) is 0 Å². The second-order valence-electron chi connectivity index (χ2n) is 2.43. The molecule has 0 aliphatic heterocycles. The topological polar surface area (TPSA) is 20.2 Å². The molecular formula is C10H9BrO. The van der Waals surface area contributed by atoms with E-state index in [1.165, 1.54) is 0 Å². The van der Waals surface area contributed by atoms with E-state index in [9.17, 15) is 0 Å². The lowest BCUT2D eigenvalue weighted by Crippen LogP contribution is -1.92. The average Bonchev–Trinajstić information content (AvgIpc) is 2.03. The van der Waals surface area contributed by atoms with E-state index < -0.39 is 6.10 Å². The molecule has 62 valence electrons. The van der Waals surface area contributed by atoms with E-state index in [2.05, 4.69) is 27.8 Å². The molecule has 0 aliphatic rings. The van der Waals surface area contributed by atoms with E-state index >= 15 is 0 Å². The molecular weight excluding hydrogens is 216 g/mol. The molecule has 0 unspecified atom stereocenters. The second-order valence-corrected chi connectivity index (χ2v) is 3.28. The minimum absolute atomic E-state index is 0.572. The summed E-state index contributed by atoms with van der Waals surface area (Å²) in [7, 11) is 0. The van der Waals surface area contributed by atoms with Crippen LogP contribution in [0, 0.1) is 11.8 Å². The van der Waals surface area contributed by atoms with Gasteiger partial charge in [0.1, 0.15) is 6.10 Å². The third-order valence-corrected chi connectivity index (χ3v) is 1.98. The van der Waals surface area contributed by atoms with E-state index in [0.717, 1.165) is 10.0 Å². The fourth-order valence-corrected chi connectivity index (χ4v) is 1.13. The van der Waals surface area contributed by atoms with Crippen molar-refractivity contribution < 1.29 is 5.11 Å². The molecule has 0 aliphatic carbocycles. The first-order valence-corrected chi connectivity index (χ1v) is 4.43. The highest BCUT2D eigenvalue weighted by Crippen LogP contribution is 2.13. The maximum Gasteiger partial charge on any atom is 0.112 e. The van der Waals surface area contributed by atoms with Crippen molar-refractivity contribution in [3.63, 3.8) is 0 Å². The predicted molar refractivity (Wildman–Crippen MR) is 52.7 cm³/mol. The normalized spacial score (nSPS) is 11.6. The van der Waals surface area contributed by atoms with Crippen LogP contribution in [0.5, 0.6) is 0 Å². The highest BCUT2D eigenvalue weighted by Gasteiger charge is 1.92. The molecule has 0 fully saturated rings. The molecule has 0 heterocycles. The Hall–Kier alpha value is -0.780. The quantitative estimate of drug-likeness (QED) is 0.671. The van der Waals surface area contributed by atoms with Gasteiger partial charge in [-0.3, -0.25) is 0 Å². The van der Waals surface area contributed by atoms with Gasteiger partial charge in [-0.15, -0.1) is 0 Å². The third kappa shape index (κ3) is 2.69. The number of halogens is 1. The van der Waals surface area contributed by atoms with Gasteiger partial charge < -0.3 is 5.11 Å². The Kier molecular flexibility index (Phi) is 3.33. The fraction of sp³-hybridized carbons (Fsp3) is 0.200. The van der Waals surface area contributed by atoms with Gasteiger partial charge >= 0.3 is 0 Å². The summed E-state index contributed by atoms with van der Waals surface area (Å²) in [5.74, 6) is 5.54. The summed E-state index contributed by atoms with van der Waals surface area (Å²) >= 11 is 3.36. The molecule has 2 heteroatoms. The molecule has 0 saturated heterocycles. The van der Waals surface area contributed by atoms with Gasteiger partial charge in [0.05, 0.1) is 0 Å². The first kappa shape index (κ1) is 9.31. The molecule has 0 spiro atoms. The summed E-state index contributed by atoms with van der Waals surface area (Å²) in [5.41, 5.74) is 0.901. The van der Waals surface area contributed by atoms with Crippen LogP contribution in [0.15, 0.2) is 28.7 Å². The van der Waals surface area contributed by atoms with Gasteiger partial charge in [-0.25, -0.2) is 0 Å². The lowest BCUT2D eigenvalue weighted by molar-refractivity contribution is 0.253. The zero-order valence-electron chi connectivity index (χ0n) is 6.71. The summed E-state index contributed by atoms with van der Waals surface area (Å²) in [6.45, 7) is 1.64. The Labute approximate surface area is 80.6 Å². The van der Waals surface area contributed by atoms with Gasteiger partial charge in [-0.2, -0.15) is 0 Å². The van der Waals surface area contributed by atoms with E-state index in [1.54, 1.807) is 6.92 Å². The van der Waals surface area contributed by atoms with Crippen LogP contribution in [0.25, 0.3) is 0 Å². The molecule has 1 aromatic carbocycles. The minimum atomic E-state index is -0.572. The van der Waals surface area contributed by atoms with Crippen LogP contribution in [-0.2, 0) is 0 Å². The molecule has 0 amide bonds. The van der Waals surface area contributed by atoms with E-state index in [1.807, 2.05) is 24.3 Å². The van der Waals surface area contributed by atoms with E-state index in [-0.39, 0.29) is 0 Å². The van der Waals surface area contributed by atoms with Gasteiger partial charge in [0.2, 0.25) is 0 Å². The lowest BCUT2D eigenvalue weighted by Gasteiger charge is -1.93. The Balaban J connectivity index is 2.92.